The number of rotatable bonds is 6. The Hall–Kier alpha value is -3.11. The molecule has 0 radical (unpaired) electrons. The van der Waals surface area contributed by atoms with E-state index in [0.29, 0.717) is 11.6 Å². The largest absolute Gasteiger partial charge is 0.364 e. The topological polar surface area (TPSA) is 120 Å². The van der Waals surface area contributed by atoms with Gasteiger partial charge in [0.15, 0.2) is 11.5 Å². The number of halogens is 1. The number of urea groups is 1. The number of primary amides is 1. The number of benzene rings is 1. The molecule has 3 amide bonds. The molecular weight excluding hydrogens is 504 g/mol. The van der Waals surface area contributed by atoms with Crippen LogP contribution in [-0.4, -0.2) is 83.6 Å². The van der Waals surface area contributed by atoms with Crippen molar-refractivity contribution < 1.29 is 9.59 Å². The number of amides is 3. The Bertz CT molecular complexity index is 1150. The molecule has 2 aromatic rings. The van der Waals surface area contributed by atoms with Crippen LogP contribution in [0.2, 0.25) is 0 Å². The maximum atomic E-state index is 12.7. The fourth-order valence-corrected chi connectivity index (χ4v) is 5.98. The predicted octanol–water partition coefficient (Wildman–Crippen LogP) is 3.11. The van der Waals surface area contributed by atoms with E-state index in [2.05, 4.69) is 46.5 Å². The Balaban J connectivity index is 0.00000336. The van der Waals surface area contributed by atoms with Crippen LogP contribution in [-0.2, 0) is 5.41 Å². The van der Waals surface area contributed by atoms with Crippen LogP contribution >= 0.6 is 12.4 Å². The van der Waals surface area contributed by atoms with Crippen molar-refractivity contribution in [3.8, 4) is 0 Å². The second-order valence-corrected chi connectivity index (χ2v) is 10.8. The highest BCUT2D eigenvalue weighted by Gasteiger charge is 2.39. The fourth-order valence-electron chi connectivity index (χ4n) is 5.98. The molecule has 5 rings (SSSR count). The predicted molar refractivity (Wildman–Crippen MR) is 152 cm³/mol. The van der Waals surface area contributed by atoms with Crippen LogP contribution in [0.4, 0.5) is 22.1 Å². The van der Waals surface area contributed by atoms with Gasteiger partial charge >= 0.3 is 6.03 Å². The van der Waals surface area contributed by atoms with Gasteiger partial charge in [-0.3, -0.25) is 4.79 Å². The number of piperidine rings is 2. The van der Waals surface area contributed by atoms with Crippen molar-refractivity contribution in [1.29, 1.82) is 0 Å². The second kappa shape index (κ2) is 11.3. The van der Waals surface area contributed by atoms with E-state index in [9.17, 15) is 9.59 Å². The van der Waals surface area contributed by atoms with Crippen LogP contribution in [0.15, 0.2) is 30.5 Å². The molecule has 1 aromatic carbocycles. The molecule has 0 unspecified atom stereocenters. The van der Waals surface area contributed by atoms with Crippen molar-refractivity contribution in [1.82, 2.24) is 25.1 Å². The molecule has 1 aromatic heterocycles. The molecule has 2 atom stereocenters. The highest BCUT2D eigenvalue weighted by molar-refractivity contribution is 5.96. The minimum Gasteiger partial charge on any atom is -0.364 e. The van der Waals surface area contributed by atoms with Gasteiger partial charge in [-0.15, -0.1) is 12.4 Å². The summed E-state index contributed by atoms with van der Waals surface area (Å²) in [5, 5.41) is 6.72. The Kier molecular flexibility index (Phi) is 8.32. The lowest BCUT2D eigenvalue weighted by molar-refractivity contribution is 0.0996. The van der Waals surface area contributed by atoms with E-state index in [1.54, 1.807) is 11.1 Å². The summed E-state index contributed by atoms with van der Waals surface area (Å²) >= 11 is 0. The first kappa shape index (κ1) is 27.9. The average Bonchev–Trinajstić information content (AvgIpc) is 3.22. The SMILES string of the molecule is C[C@@H]1[C@H](N2CCN(C)C2=O)CCCN1c1cnc(C(N)=O)c(Nc2ccc(C3(C)CCNCC3)cc2)n1.Cl. The third-order valence-electron chi connectivity index (χ3n) is 8.44. The van der Waals surface area contributed by atoms with Gasteiger partial charge in [0.25, 0.3) is 5.91 Å². The number of carbonyl (C=O) groups is 2. The molecule has 4 N–H and O–H groups in total. The van der Waals surface area contributed by atoms with Crippen molar-refractivity contribution in [3.63, 3.8) is 0 Å². The minimum absolute atomic E-state index is 0. The lowest BCUT2D eigenvalue weighted by Crippen LogP contribution is -2.55. The average molecular weight is 543 g/mol. The first-order chi connectivity index (χ1) is 17.8. The third-order valence-corrected chi connectivity index (χ3v) is 8.44. The lowest BCUT2D eigenvalue weighted by atomic mass is 9.75. The Morgan fingerprint density at radius 3 is 2.47 bits per heavy atom. The van der Waals surface area contributed by atoms with Gasteiger partial charge < -0.3 is 31.1 Å². The number of anilines is 3. The van der Waals surface area contributed by atoms with E-state index < -0.39 is 5.91 Å². The van der Waals surface area contributed by atoms with E-state index >= 15 is 0 Å². The van der Waals surface area contributed by atoms with E-state index in [1.807, 2.05) is 24.1 Å². The molecule has 3 aliphatic heterocycles. The highest BCUT2D eigenvalue weighted by Crippen LogP contribution is 2.34. The fraction of sp³-hybridized carbons (Fsp3) is 0.556. The molecule has 3 fully saturated rings. The van der Waals surface area contributed by atoms with Crippen LogP contribution in [0.1, 0.15) is 55.6 Å². The van der Waals surface area contributed by atoms with Crippen molar-refractivity contribution in [2.45, 2.75) is 57.0 Å². The molecule has 11 heteroatoms. The molecule has 3 saturated heterocycles. The zero-order valence-corrected chi connectivity index (χ0v) is 23.3. The van der Waals surface area contributed by atoms with Crippen LogP contribution in [0.3, 0.4) is 0 Å². The normalized spacial score (nSPS) is 23.2. The Labute approximate surface area is 230 Å². The molecular formula is C27H39ClN8O2. The zero-order valence-electron chi connectivity index (χ0n) is 22.4. The number of likely N-dealkylation sites (N-methyl/N-ethyl adjacent to an activating group) is 1. The summed E-state index contributed by atoms with van der Waals surface area (Å²) in [6, 6.07) is 8.60. The summed E-state index contributed by atoms with van der Waals surface area (Å²) in [7, 11) is 1.85. The van der Waals surface area contributed by atoms with E-state index in [0.717, 1.165) is 64.1 Å². The quantitative estimate of drug-likeness (QED) is 0.513. The molecule has 206 valence electrons. The molecule has 0 spiro atoms. The van der Waals surface area contributed by atoms with Crippen LogP contribution in [0, 0.1) is 0 Å². The summed E-state index contributed by atoms with van der Waals surface area (Å²) in [5.74, 6) is 0.385. The number of aromatic nitrogens is 2. The van der Waals surface area contributed by atoms with E-state index in [1.165, 1.54) is 5.56 Å². The van der Waals surface area contributed by atoms with Gasteiger partial charge in [-0.05, 0) is 68.8 Å². The van der Waals surface area contributed by atoms with Crippen LogP contribution in [0.25, 0.3) is 0 Å². The molecule has 0 bridgehead atoms. The van der Waals surface area contributed by atoms with E-state index in [-0.39, 0.29) is 41.6 Å². The number of nitrogens with zero attached hydrogens (tertiary/aromatic N) is 5. The van der Waals surface area contributed by atoms with Crippen molar-refractivity contribution >= 4 is 41.7 Å². The van der Waals surface area contributed by atoms with Crippen LogP contribution in [0.5, 0.6) is 0 Å². The Morgan fingerprint density at radius 2 is 1.84 bits per heavy atom. The van der Waals surface area contributed by atoms with Crippen molar-refractivity contribution in [2.24, 2.45) is 5.73 Å². The highest BCUT2D eigenvalue weighted by atomic mass is 35.5. The second-order valence-electron chi connectivity index (χ2n) is 10.8. The van der Waals surface area contributed by atoms with Gasteiger partial charge in [0, 0.05) is 38.4 Å². The maximum absolute atomic E-state index is 12.7. The van der Waals surface area contributed by atoms with Crippen molar-refractivity contribution in [2.75, 3.05) is 50.0 Å². The zero-order chi connectivity index (χ0) is 26.2. The third kappa shape index (κ3) is 5.37. The number of nitrogens with two attached hydrogens (primary N) is 1. The first-order valence-corrected chi connectivity index (χ1v) is 13.3. The summed E-state index contributed by atoms with van der Waals surface area (Å²) in [6.45, 7) is 8.80. The number of hydrogen-bond acceptors (Lipinski definition) is 7. The van der Waals surface area contributed by atoms with Gasteiger partial charge in [0.1, 0.15) is 5.82 Å². The molecule has 3 aliphatic rings. The van der Waals surface area contributed by atoms with Crippen LogP contribution < -0.4 is 21.3 Å². The number of carbonyl (C=O) groups excluding carboxylic acids is 2. The summed E-state index contributed by atoms with van der Waals surface area (Å²) in [6.07, 6.45) is 5.72. The first-order valence-electron chi connectivity index (χ1n) is 13.3. The number of hydrogen-bond donors (Lipinski definition) is 3. The smallest absolute Gasteiger partial charge is 0.320 e. The monoisotopic (exact) mass is 542 g/mol. The van der Waals surface area contributed by atoms with Gasteiger partial charge in [-0.2, -0.15) is 0 Å². The molecule has 10 nitrogen and oxygen atoms in total. The van der Waals surface area contributed by atoms with Gasteiger partial charge in [-0.25, -0.2) is 14.8 Å². The van der Waals surface area contributed by atoms with Gasteiger partial charge in [0.05, 0.1) is 12.2 Å². The summed E-state index contributed by atoms with van der Waals surface area (Å²) < 4.78 is 0. The molecule has 38 heavy (non-hydrogen) atoms. The standard InChI is InChI=1S/C27H38N8O2.ClH/c1-18-21(35-16-15-33(3)26(35)37)5-4-14-34(18)22-17-30-23(24(28)36)25(32-22)31-20-8-6-19(7-9-20)27(2)10-12-29-13-11-27;/h6-9,17-18,21,29H,4-5,10-16H2,1-3H3,(H2,28,36)(H,31,32);1H/t18-,21-;/m1./s1. The lowest BCUT2D eigenvalue weighted by Gasteiger charge is -2.43. The molecule has 0 aliphatic carbocycles. The summed E-state index contributed by atoms with van der Waals surface area (Å²) in [5.41, 5.74) is 8.05. The van der Waals surface area contributed by atoms with E-state index in [4.69, 9.17) is 10.7 Å². The molecule has 0 saturated carbocycles. The Morgan fingerprint density at radius 1 is 1.13 bits per heavy atom. The summed E-state index contributed by atoms with van der Waals surface area (Å²) in [4.78, 5) is 40.0. The number of nitrogens with one attached hydrogen (secondary N) is 2. The van der Waals surface area contributed by atoms with Gasteiger partial charge in [-0.1, -0.05) is 19.1 Å². The minimum atomic E-state index is -0.629. The van der Waals surface area contributed by atoms with Gasteiger partial charge in [0.2, 0.25) is 0 Å². The maximum Gasteiger partial charge on any atom is 0.320 e. The van der Waals surface area contributed by atoms with Crippen molar-refractivity contribution in [3.05, 3.63) is 41.7 Å². The molecule has 4 heterocycles.